The summed E-state index contributed by atoms with van der Waals surface area (Å²) in [5.41, 5.74) is 2.97. The minimum Gasteiger partial charge on any atom is -0.493 e. The van der Waals surface area contributed by atoms with Gasteiger partial charge in [0.1, 0.15) is 0 Å². The van der Waals surface area contributed by atoms with E-state index in [1.54, 1.807) is 21.3 Å². The van der Waals surface area contributed by atoms with Crippen LogP contribution < -0.4 is 23.7 Å². The van der Waals surface area contributed by atoms with Crippen LogP contribution in [0.25, 0.3) is 0 Å². The summed E-state index contributed by atoms with van der Waals surface area (Å²) in [6, 6.07) is 7.90. The van der Waals surface area contributed by atoms with E-state index in [0.29, 0.717) is 35.4 Å². The Labute approximate surface area is 193 Å². The second kappa shape index (κ2) is 8.27. The molecule has 2 aliphatic heterocycles. The minimum absolute atomic E-state index is 0.0382. The lowest BCUT2D eigenvalue weighted by atomic mass is 9.65. The fourth-order valence-electron chi connectivity index (χ4n) is 5.37. The summed E-state index contributed by atoms with van der Waals surface area (Å²) >= 11 is 0. The second-order valence-corrected chi connectivity index (χ2v) is 9.03. The van der Waals surface area contributed by atoms with Gasteiger partial charge in [-0.25, -0.2) is 0 Å². The lowest BCUT2D eigenvalue weighted by Gasteiger charge is -2.50. The van der Waals surface area contributed by atoms with Gasteiger partial charge < -0.3 is 38.3 Å². The first-order chi connectivity index (χ1) is 15.9. The molecule has 33 heavy (non-hydrogen) atoms. The first-order valence-corrected chi connectivity index (χ1v) is 11.1. The zero-order chi connectivity index (χ0) is 23.3. The van der Waals surface area contributed by atoms with Crippen molar-refractivity contribution in [3.05, 3.63) is 41.0 Å². The Morgan fingerprint density at radius 2 is 1.58 bits per heavy atom. The molecule has 0 saturated carbocycles. The maximum atomic E-state index is 10.6. The summed E-state index contributed by atoms with van der Waals surface area (Å²) in [4.78, 5) is 0. The quantitative estimate of drug-likeness (QED) is 0.727. The average Bonchev–Trinajstić information content (AvgIpc) is 3.28. The molecule has 8 nitrogen and oxygen atoms in total. The molecule has 4 atom stereocenters. The van der Waals surface area contributed by atoms with Crippen molar-refractivity contribution in [2.75, 3.05) is 41.3 Å². The van der Waals surface area contributed by atoms with Gasteiger partial charge in [0.2, 0.25) is 12.5 Å². The van der Waals surface area contributed by atoms with Crippen molar-refractivity contribution in [1.29, 1.82) is 0 Å². The number of fused-ring (bicyclic) bond motifs is 4. The Balaban J connectivity index is 1.72. The molecule has 0 unspecified atom stereocenters. The van der Waals surface area contributed by atoms with Gasteiger partial charge in [0, 0.05) is 24.4 Å². The van der Waals surface area contributed by atoms with Crippen LogP contribution in [0.2, 0.25) is 0 Å². The van der Waals surface area contributed by atoms with Crippen molar-refractivity contribution in [1.82, 2.24) is 0 Å². The number of methoxy groups -OCH3 is 3. The van der Waals surface area contributed by atoms with Crippen LogP contribution in [0.15, 0.2) is 24.3 Å². The lowest BCUT2D eigenvalue weighted by Crippen LogP contribution is -2.48. The van der Waals surface area contributed by atoms with Crippen LogP contribution in [-0.4, -0.2) is 52.2 Å². The van der Waals surface area contributed by atoms with Crippen molar-refractivity contribution in [3.8, 4) is 28.7 Å². The first kappa shape index (κ1) is 22.1. The third kappa shape index (κ3) is 3.57. The highest BCUT2D eigenvalue weighted by Gasteiger charge is 2.49. The van der Waals surface area contributed by atoms with Crippen LogP contribution in [0.4, 0.5) is 0 Å². The normalized spacial score (nSPS) is 26.8. The smallest absolute Gasteiger partial charge is 0.231 e. The van der Waals surface area contributed by atoms with E-state index >= 15 is 0 Å². The predicted molar refractivity (Wildman–Crippen MR) is 118 cm³/mol. The van der Waals surface area contributed by atoms with E-state index in [1.807, 2.05) is 38.1 Å². The van der Waals surface area contributed by atoms with Crippen molar-refractivity contribution >= 4 is 0 Å². The molecule has 5 rings (SSSR count). The summed E-state index contributed by atoms with van der Waals surface area (Å²) in [5.74, 6) is 1.91. The van der Waals surface area contributed by atoms with E-state index in [9.17, 15) is 5.11 Å². The molecule has 1 fully saturated rings. The molecule has 178 valence electrons. The standard InChI is InChI=1S/C25H30O8/c1-25(2)32-11-17-16(10-26)22(13-6-20(27-3)24(29-5)21(7-13)28-4)14-8-18-19(31-12-30-18)9-15(14)23(17)33-25/h6-9,16-17,22-23,26H,10-12H2,1-5H3/t16-,17-,22+,23-/m0/s1. The first-order valence-electron chi connectivity index (χ1n) is 11.1. The zero-order valence-electron chi connectivity index (χ0n) is 19.5. The number of ether oxygens (including phenoxy) is 7. The summed E-state index contributed by atoms with van der Waals surface area (Å²) in [7, 11) is 4.77. The Kier molecular flexibility index (Phi) is 5.55. The van der Waals surface area contributed by atoms with Crippen LogP contribution >= 0.6 is 0 Å². The van der Waals surface area contributed by atoms with Gasteiger partial charge in [-0.2, -0.15) is 0 Å². The number of rotatable bonds is 5. The van der Waals surface area contributed by atoms with Gasteiger partial charge in [0.15, 0.2) is 28.8 Å². The molecule has 0 bridgehead atoms. The molecule has 1 saturated heterocycles. The Morgan fingerprint density at radius 3 is 2.15 bits per heavy atom. The van der Waals surface area contributed by atoms with Gasteiger partial charge in [-0.05, 0) is 54.8 Å². The molecule has 0 radical (unpaired) electrons. The van der Waals surface area contributed by atoms with E-state index in [2.05, 4.69) is 0 Å². The summed E-state index contributed by atoms with van der Waals surface area (Å²) in [6.45, 7) is 4.44. The Morgan fingerprint density at radius 1 is 0.939 bits per heavy atom. The van der Waals surface area contributed by atoms with Crippen molar-refractivity contribution in [2.45, 2.75) is 31.7 Å². The van der Waals surface area contributed by atoms with Gasteiger partial charge in [-0.15, -0.1) is 0 Å². The van der Waals surface area contributed by atoms with Crippen LogP contribution in [0.5, 0.6) is 28.7 Å². The summed E-state index contributed by atoms with van der Waals surface area (Å²) < 4.78 is 40.6. The SMILES string of the molecule is COc1cc([C@@H]2c3cc4c(cc3[C@@H]3OC(C)(C)OC[C@H]3[C@@H]2CO)OCO4)cc(OC)c1OC. The van der Waals surface area contributed by atoms with Gasteiger partial charge in [0.25, 0.3) is 0 Å². The van der Waals surface area contributed by atoms with Crippen molar-refractivity contribution < 1.29 is 38.3 Å². The van der Waals surface area contributed by atoms with Crippen LogP contribution in [0.1, 0.15) is 42.6 Å². The molecule has 1 N–H and O–H groups in total. The molecule has 1 aliphatic carbocycles. The molecule has 8 heteroatoms. The van der Waals surface area contributed by atoms with Crippen LogP contribution in [-0.2, 0) is 9.47 Å². The largest absolute Gasteiger partial charge is 0.493 e. The molecule has 0 spiro atoms. The third-order valence-electron chi connectivity index (χ3n) is 6.88. The van der Waals surface area contributed by atoms with Crippen LogP contribution in [0, 0.1) is 11.8 Å². The highest BCUT2D eigenvalue weighted by molar-refractivity contribution is 5.59. The topological polar surface area (TPSA) is 84.8 Å². The molecule has 0 amide bonds. The molecular weight excluding hydrogens is 428 g/mol. The third-order valence-corrected chi connectivity index (χ3v) is 6.88. The Hall–Kier alpha value is -2.68. The van der Waals surface area contributed by atoms with Gasteiger partial charge in [-0.3, -0.25) is 0 Å². The van der Waals surface area contributed by atoms with Gasteiger partial charge in [-0.1, -0.05) is 0 Å². The molecule has 2 aromatic carbocycles. The fraction of sp³-hybridized carbons (Fsp3) is 0.520. The number of aliphatic hydroxyl groups is 1. The number of benzene rings is 2. The van der Waals surface area contributed by atoms with Crippen molar-refractivity contribution in [3.63, 3.8) is 0 Å². The predicted octanol–water partition coefficient (Wildman–Crippen LogP) is 3.64. The zero-order valence-corrected chi connectivity index (χ0v) is 19.5. The fourth-order valence-corrected chi connectivity index (χ4v) is 5.37. The van der Waals surface area contributed by atoms with E-state index in [0.717, 1.165) is 16.7 Å². The number of hydrogen-bond acceptors (Lipinski definition) is 8. The van der Waals surface area contributed by atoms with E-state index in [4.69, 9.17) is 33.2 Å². The van der Waals surface area contributed by atoms with E-state index < -0.39 is 5.79 Å². The molecule has 2 aromatic rings. The average molecular weight is 459 g/mol. The number of hydrogen-bond donors (Lipinski definition) is 1. The van der Waals surface area contributed by atoms with E-state index in [-0.39, 0.29) is 37.3 Å². The van der Waals surface area contributed by atoms with E-state index in [1.165, 1.54) is 0 Å². The number of aliphatic hydroxyl groups excluding tert-OH is 1. The van der Waals surface area contributed by atoms with Gasteiger partial charge >= 0.3 is 0 Å². The summed E-state index contributed by atoms with van der Waals surface area (Å²) in [5, 5.41) is 10.6. The van der Waals surface area contributed by atoms with Crippen molar-refractivity contribution in [2.24, 2.45) is 11.8 Å². The van der Waals surface area contributed by atoms with Crippen LogP contribution in [0.3, 0.4) is 0 Å². The minimum atomic E-state index is -0.728. The summed E-state index contributed by atoms with van der Waals surface area (Å²) in [6.07, 6.45) is -0.242. The maximum Gasteiger partial charge on any atom is 0.231 e. The molecular formula is C25H30O8. The maximum absolute atomic E-state index is 10.6. The second-order valence-electron chi connectivity index (χ2n) is 9.03. The highest BCUT2D eigenvalue weighted by atomic mass is 16.7. The monoisotopic (exact) mass is 458 g/mol. The highest BCUT2D eigenvalue weighted by Crippen LogP contribution is 2.56. The lowest BCUT2D eigenvalue weighted by molar-refractivity contribution is -0.306. The Bertz CT molecular complexity index is 1020. The molecule has 3 aliphatic rings. The molecule has 0 aromatic heterocycles. The van der Waals surface area contributed by atoms with Gasteiger partial charge in [0.05, 0.1) is 34.0 Å². The molecule has 2 heterocycles.